The van der Waals surface area contributed by atoms with Crippen LogP contribution in [0, 0.1) is 10.4 Å². The fourth-order valence-corrected chi connectivity index (χ4v) is 2.46. The summed E-state index contributed by atoms with van der Waals surface area (Å²) in [5.41, 5.74) is 0. The highest BCUT2D eigenvalue weighted by atomic mass is 16.5. The lowest BCUT2D eigenvalue weighted by Crippen LogP contribution is -2.36. The van der Waals surface area contributed by atoms with Crippen LogP contribution < -0.4 is 0 Å². The van der Waals surface area contributed by atoms with Crippen LogP contribution in [-0.2, 0) is 14.3 Å². The third-order valence-corrected chi connectivity index (χ3v) is 3.76. The fourth-order valence-electron chi connectivity index (χ4n) is 2.46. The molecule has 0 aromatic rings. The molecule has 0 spiro atoms. The van der Waals surface area contributed by atoms with Crippen LogP contribution in [0.15, 0.2) is 0 Å². The van der Waals surface area contributed by atoms with Crippen LogP contribution in [0.1, 0.15) is 25.7 Å². The summed E-state index contributed by atoms with van der Waals surface area (Å²) >= 11 is 0. The number of nitrogens with zero attached hydrogens (tertiary/aromatic N) is 2. The Morgan fingerprint density at radius 2 is 1.20 bits per heavy atom. The molecule has 2 fully saturated rings. The van der Waals surface area contributed by atoms with Crippen LogP contribution in [0.4, 0.5) is 0 Å². The van der Waals surface area contributed by atoms with E-state index in [2.05, 4.69) is 0 Å². The van der Waals surface area contributed by atoms with Gasteiger partial charge in [-0.2, -0.15) is 0 Å². The summed E-state index contributed by atoms with van der Waals surface area (Å²) < 4.78 is 11.0. The first-order chi connectivity index (χ1) is 9.63. The molecule has 0 unspecified atom stereocenters. The number of hydrogen-bond donors (Lipinski definition) is 0. The zero-order chi connectivity index (χ0) is 14.4. The normalized spacial score (nSPS) is 24.1. The van der Waals surface area contributed by atoms with E-state index in [1.165, 1.54) is 0 Å². The topological polar surface area (TPSA) is 88.1 Å². The van der Waals surface area contributed by atoms with E-state index in [-0.39, 0.29) is 31.2 Å². The van der Waals surface area contributed by atoms with E-state index in [1.807, 2.05) is 0 Å². The average molecular weight is 286 g/mol. The zero-order valence-corrected chi connectivity index (χ0v) is 11.7. The first-order valence-electron chi connectivity index (χ1n) is 7.22. The number of hydrogen-bond acceptors (Lipinski definition) is 7. The molecule has 0 bridgehead atoms. The highest BCUT2D eigenvalue weighted by molar-refractivity contribution is 5.80. The number of Topliss-reactive ketones (excluding diaryl/α,β-unsaturated/α-hetero) is 1. The van der Waals surface area contributed by atoms with E-state index in [1.54, 1.807) is 0 Å². The first kappa shape index (κ1) is 15.8. The summed E-state index contributed by atoms with van der Waals surface area (Å²) in [5.74, 6) is -0.0842. The van der Waals surface area contributed by atoms with E-state index in [4.69, 9.17) is 9.47 Å². The highest BCUT2D eigenvalue weighted by Crippen LogP contribution is 2.14. The summed E-state index contributed by atoms with van der Waals surface area (Å²) in [6.07, 6.45) is 2.74. The van der Waals surface area contributed by atoms with Gasteiger partial charge in [0.2, 0.25) is 0 Å². The van der Waals surface area contributed by atoms with Gasteiger partial charge in [0, 0.05) is 0 Å². The Hall–Kier alpha value is -0.570. The van der Waals surface area contributed by atoms with Gasteiger partial charge in [-0.25, -0.2) is 0 Å². The molecule has 0 aromatic carbocycles. The number of piperidine rings is 2. The van der Waals surface area contributed by atoms with E-state index in [0.29, 0.717) is 51.9 Å². The molecule has 2 heterocycles. The lowest BCUT2D eigenvalue weighted by atomic mass is 10.1. The van der Waals surface area contributed by atoms with Crippen molar-refractivity contribution < 1.29 is 14.3 Å². The van der Waals surface area contributed by atoms with Gasteiger partial charge in [-0.1, -0.05) is 0 Å². The molecule has 0 N–H and O–H groups in total. The van der Waals surface area contributed by atoms with Crippen LogP contribution in [0.25, 0.3) is 0 Å². The fraction of sp³-hybridized carbons (Fsp3) is 0.923. The Morgan fingerprint density at radius 3 is 1.55 bits per heavy atom. The van der Waals surface area contributed by atoms with Gasteiger partial charge in [0.15, 0.2) is 5.78 Å². The van der Waals surface area contributed by atoms with Gasteiger partial charge >= 0.3 is 0 Å². The molecule has 116 valence electrons. The minimum atomic E-state index is -0.0842. The SMILES string of the molecule is O=C(COC1CCN([O-])CC1)COC1CCN([O-])CC1. The molecule has 0 saturated carbocycles. The number of ether oxygens (including phenoxy) is 2. The lowest BCUT2D eigenvalue weighted by molar-refractivity contribution is -0.133. The van der Waals surface area contributed by atoms with E-state index >= 15 is 0 Å². The second-order valence-electron chi connectivity index (χ2n) is 5.42. The molecule has 7 heteroatoms. The largest absolute Gasteiger partial charge is 0.785 e. The average Bonchev–Trinajstić information content (AvgIpc) is 2.46. The number of rotatable bonds is 6. The van der Waals surface area contributed by atoms with Crippen molar-refractivity contribution in [3.63, 3.8) is 0 Å². The molecule has 2 aliphatic heterocycles. The minimum Gasteiger partial charge on any atom is -0.785 e. The Kier molecular flexibility index (Phi) is 6.34. The summed E-state index contributed by atoms with van der Waals surface area (Å²) in [4.78, 5) is 11.7. The molecule has 0 aliphatic carbocycles. The smallest absolute Gasteiger partial charge is 0.184 e. The second-order valence-corrected chi connectivity index (χ2v) is 5.42. The molecule has 20 heavy (non-hydrogen) atoms. The van der Waals surface area contributed by atoms with Crippen LogP contribution in [0.3, 0.4) is 0 Å². The molecule has 2 aliphatic rings. The Bertz CT molecular complexity index is 271. The summed E-state index contributed by atoms with van der Waals surface area (Å²) in [6.45, 7) is 1.99. The number of hydroxylamine groups is 4. The van der Waals surface area contributed by atoms with Gasteiger partial charge < -0.3 is 30.0 Å². The van der Waals surface area contributed by atoms with Crippen molar-refractivity contribution in [2.45, 2.75) is 37.9 Å². The van der Waals surface area contributed by atoms with Crippen molar-refractivity contribution in [2.24, 2.45) is 0 Å². The highest BCUT2D eigenvalue weighted by Gasteiger charge is 2.18. The number of carbonyl (C=O) groups is 1. The van der Waals surface area contributed by atoms with Gasteiger partial charge in [0.25, 0.3) is 0 Å². The lowest BCUT2D eigenvalue weighted by Gasteiger charge is -2.36. The van der Waals surface area contributed by atoms with Crippen LogP contribution in [0.5, 0.6) is 0 Å². The summed E-state index contributed by atoms with van der Waals surface area (Å²) in [7, 11) is 0. The van der Waals surface area contributed by atoms with Gasteiger partial charge in [0.05, 0.1) is 12.2 Å². The van der Waals surface area contributed by atoms with E-state index in [9.17, 15) is 15.2 Å². The van der Waals surface area contributed by atoms with Gasteiger partial charge in [-0.05, 0) is 51.9 Å². The van der Waals surface area contributed by atoms with E-state index < -0.39 is 0 Å². The van der Waals surface area contributed by atoms with Crippen molar-refractivity contribution in [1.29, 1.82) is 0 Å². The second kappa shape index (κ2) is 8.02. The molecule has 0 amide bonds. The van der Waals surface area contributed by atoms with Gasteiger partial charge in [0.1, 0.15) is 13.2 Å². The van der Waals surface area contributed by atoms with Crippen LogP contribution in [0.2, 0.25) is 0 Å². The molecule has 0 aromatic heterocycles. The van der Waals surface area contributed by atoms with Gasteiger partial charge in [-0.15, -0.1) is 0 Å². The predicted molar refractivity (Wildman–Crippen MR) is 72.8 cm³/mol. The predicted octanol–water partition coefficient (Wildman–Crippen LogP) is 0.513. The van der Waals surface area contributed by atoms with E-state index in [0.717, 1.165) is 10.1 Å². The maximum atomic E-state index is 11.7. The molecular weight excluding hydrogens is 264 g/mol. The Morgan fingerprint density at radius 1 is 0.850 bits per heavy atom. The first-order valence-corrected chi connectivity index (χ1v) is 7.22. The Balaban J connectivity index is 1.54. The van der Waals surface area contributed by atoms with Gasteiger partial charge in [-0.3, -0.25) is 4.79 Å². The molecular formula is C13H22N2O5-2. The molecule has 7 nitrogen and oxygen atoms in total. The maximum absolute atomic E-state index is 11.7. The minimum absolute atomic E-state index is 0.00727. The summed E-state index contributed by atoms with van der Waals surface area (Å²) in [5, 5.41) is 24.0. The molecule has 2 rings (SSSR count). The van der Waals surface area contributed by atoms with Crippen LogP contribution in [-0.4, -0.2) is 67.5 Å². The number of ketones is 1. The zero-order valence-electron chi connectivity index (χ0n) is 11.7. The maximum Gasteiger partial charge on any atom is 0.184 e. The number of carbonyl (C=O) groups excluding carboxylic acids is 1. The van der Waals surface area contributed by atoms with Crippen molar-refractivity contribution in [2.75, 3.05) is 39.4 Å². The van der Waals surface area contributed by atoms with Crippen molar-refractivity contribution in [3.05, 3.63) is 10.4 Å². The quantitative estimate of drug-likeness (QED) is 0.703. The third-order valence-electron chi connectivity index (χ3n) is 3.76. The van der Waals surface area contributed by atoms with Crippen molar-refractivity contribution in [1.82, 2.24) is 10.1 Å². The molecule has 0 atom stereocenters. The van der Waals surface area contributed by atoms with Crippen molar-refractivity contribution >= 4 is 5.78 Å². The monoisotopic (exact) mass is 286 g/mol. The Labute approximate surface area is 119 Å². The molecule has 0 radical (unpaired) electrons. The molecule has 2 saturated heterocycles. The summed E-state index contributed by atoms with van der Waals surface area (Å²) in [6, 6.07) is 0. The standard InChI is InChI=1S/C13H22N2O5/c16-11(9-19-12-1-5-14(17)6-2-12)10-20-13-3-7-15(18)8-4-13/h12-13H,1-10H2/q-2. The van der Waals surface area contributed by atoms with Crippen molar-refractivity contribution in [3.8, 4) is 0 Å². The third kappa shape index (κ3) is 5.43. The van der Waals surface area contributed by atoms with Crippen LogP contribution >= 0.6 is 0 Å².